The van der Waals surface area contributed by atoms with Crippen LogP contribution in [0.15, 0.2) is 36.5 Å². The number of ether oxygens (including phenoxy) is 1. The highest BCUT2D eigenvalue weighted by atomic mass is 16.5. The Morgan fingerprint density at radius 3 is 2.58 bits per heavy atom. The number of benzene rings is 1. The van der Waals surface area contributed by atoms with E-state index >= 15 is 0 Å². The number of hydrogen-bond donors (Lipinski definition) is 1. The van der Waals surface area contributed by atoms with E-state index < -0.39 is 0 Å². The van der Waals surface area contributed by atoms with Gasteiger partial charge in [0.05, 0.1) is 12.8 Å². The van der Waals surface area contributed by atoms with Crippen LogP contribution in [0.5, 0.6) is 5.75 Å². The molecule has 0 radical (unpaired) electrons. The second kappa shape index (κ2) is 5.45. The fraction of sp³-hybridized carbons (Fsp3) is 0.400. The maximum atomic E-state index is 5.20. The van der Waals surface area contributed by atoms with Crippen LogP contribution in [0, 0.1) is 0 Å². The van der Waals surface area contributed by atoms with Gasteiger partial charge in [-0.05, 0) is 56.3 Å². The summed E-state index contributed by atoms with van der Waals surface area (Å²) in [7, 11) is 1.68. The number of methoxy groups -OCH3 is 1. The molecule has 19 heavy (non-hydrogen) atoms. The zero-order chi connectivity index (χ0) is 13.1. The van der Waals surface area contributed by atoms with Crippen molar-refractivity contribution in [3.63, 3.8) is 0 Å². The molecule has 2 heterocycles. The minimum atomic E-state index is 0.603. The molecule has 1 aliphatic heterocycles. The number of aromatic nitrogens is 2. The standard InChI is InChI=1S/C15H19N3O/c1-19-14-4-2-13(3-5-14)18-15(8-11-17-18)12-6-9-16-10-7-12/h2-5,8,11-12,16H,6-7,9-10H2,1H3. The van der Waals surface area contributed by atoms with Gasteiger partial charge in [0, 0.05) is 17.8 Å². The zero-order valence-corrected chi connectivity index (χ0v) is 11.2. The molecular formula is C15H19N3O. The SMILES string of the molecule is COc1ccc(-n2nccc2C2CCNCC2)cc1. The van der Waals surface area contributed by atoms with Crippen LogP contribution in [0.2, 0.25) is 0 Å². The van der Waals surface area contributed by atoms with E-state index in [1.54, 1.807) is 7.11 Å². The average Bonchev–Trinajstić information content (AvgIpc) is 2.98. The first-order valence-corrected chi connectivity index (χ1v) is 6.77. The summed E-state index contributed by atoms with van der Waals surface area (Å²) >= 11 is 0. The molecule has 0 spiro atoms. The van der Waals surface area contributed by atoms with Crippen molar-refractivity contribution < 1.29 is 4.74 Å². The quantitative estimate of drug-likeness (QED) is 0.917. The minimum Gasteiger partial charge on any atom is -0.497 e. The lowest BCUT2D eigenvalue weighted by Crippen LogP contribution is -2.27. The Kier molecular flexibility index (Phi) is 3.51. The summed E-state index contributed by atoms with van der Waals surface area (Å²) < 4.78 is 7.25. The Balaban J connectivity index is 1.89. The molecule has 0 amide bonds. The van der Waals surface area contributed by atoms with Crippen molar-refractivity contribution in [2.75, 3.05) is 20.2 Å². The van der Waals surface area contributed by atoms with Gasteiger partial charge in [-0.15, -0.1) is 0 Å². The molecule has 3 rings (SSSR count). The van der Waals surface area contributed by atoms with Crippen LogP contribution < -0.4 is 10.1 Å². The number of nitrogens with one attached hydrogen (secondary N) is 1. The van der Waals surface area contributed by atoms with Gasteiger partial charge in [0.1, 0.15) is 5.75 Å². The average molecular weight is 257 g/mol. The van der Waals surface area contributed by atoms with E-state index in [1.807, 2.05) is 18.3 Å². The summed E-state index contributed by atoms with van der Waals surface area (Å²) in [6, 6.07) is 10.2. The molecule has 0 bridgehead atoms. The van der Waals surface area contributed by atoms with E-state index in [9.17, 15) is 0 Å². The lowest BCUT2D eigenvalue weighted by Gasteiger charge is -2.23. The largest absolute Gasteiger partial charge is 0.497 e. The van der Waals surface area contributed by atoms with Crippen LogP contribution in [-0.2, 0) is 0 Å². The summed E-state index contributed by atoms with van der Waals surface area (Å²) in [4.78, 5) is 0. The highest BCUT2D eigenvalue weighted by molar-refractivity contribution is 5.38. The van der Waals surface area contributed by atoms with Gasteiger partial charge in [0.15, 0.2) is 0 Å². The topological polar surface area (TPSA) is 39.1 Å². The molecule has 4 heteroatoms. The lowest BCUT2D eigenvalue weighted by molar-refractivity contribution is 0.414. The third-order valence-electron chi connectivity index (χ3n) is 3.75. The fourth-order valence-corrected chi connectivity index (χ4v) is 2.68. The molecule has 1 aliphatic rings. The Morgan fingerprint density at radius 1 is 1.16 bits per heavy atom. The van der Waals surface area contributed by atoms with Crippen LogP contribution in [0.25, 0.3) is 5.69 Å². The second-order valence-electron chi connectivity index (χ2n) is 4.89. The van der Waals surface area contributed by atoms with Gasteiger partial charge in [-0.2, -0.15) is 5.10 Å². The van der Waals surface area contributed by atoms with E-state index in [0.717, 1.165) is 24.5 Å². The molecule has 100 valence electrons. The highest BCUT2D eigenvalue weighted by Crippen LogP contribution is 2.27. The fourth-order valence-electron chi connectivity index (χ4n) is 2.68. The maximum Gasteiger partial charge on any atom is 0.119 e. The van der Waals surface area contributed by atoms with Crippen molar-refractivity contribution in [2.45, 2.75) is 18.8 Å². The molecule has 1 aromatic carbocycles. The van der Waals surface area contributed by atoms with Crippen molar-refractivity contribution in [3.8, 4) is 11.4 Å². The number of rotatable bonds is 3. The van der Waals surface area contributed by atoms with Gasteiger partial charge < -0.3 is 10.1 Å². The van der Waals surface area contributed by atoms with Crippen LogP contribution in [0.1, 0.15) is 24.5 Å². The molecule has 1 aromatic heterocycles. The van der Waals surface area contributed by atoms with E-state index in [4.69, 9.17) is 4.74 Å². The third-order valence-corrected chi connectivity index (χ3v) is 3.75. The Morgan fingerprint density at radius 2 is 1.89 bits per heavy atom. The van der Waals surface area contributed by atoms with Crippen LogP contribution in [0.3, 0.4) is 0 Å². The van der Waals surface area contributed by atoms with Gasteiger partial charge in [-0.1, -0.05) is 0 Å². The third kappa shape index (κ3) is 2.49. The summed E-state index contributed by atoms with van der Waals surface area (Å²) in [6.07, 6.45) is 4.26. The summed E-state index contributed by atoms with van der Waals surface area (Å²) in [6.45, 7) is 2.19. The predicted octanol–water partition coefficient (Wildman–Crippen LogP) is 2.35. The first kappa shape index (κ1) is 12.2. The summed E-state index contributed by atoms with van der Waals surface area (Å²) in [5, 5.41) is 7.88. The highest BCUT2D eigenvalue weighted by Gasteiger charge is 2.19. The monoisotopic (exact) mass is 257 g/mol. The molecular weight excluding hydrogens is 238 g/mol. The predicted molar refractivity (Wildman–Crippen MR) is 75.0 cm³/mol. The Labute approximate surface area is 113 Å². The van der Waals surface area contributed by atoms with Crippen LogP contribution in [0.4, 0.5) is 0 Å². The number of nitrogens with zero attached hydrogens (tertiary/aromatic N) is 2. The number of hydrogen-bond acceptors (Lipinski definition) is 3. The van der Waals surface area contributed by atoms with Crippen molar-refractivity contribution >= 4 is 0 Å². The second-order valence-corrected chi connectivity index (χ2v) is 4.89. The van der Waals surface area contributed by atoms with Crippen LogP contribution in [-0.4, -0.2) is 30.0 Å². The first-order chi connectivity index (χ1) is 9.38. The van der Waals surface area contributed by atoms with Crippen molar-refractivity contribution in [2.24, 2.45) is 0 Å². The molecule has 4 nitrogen and oxygen atoms in total. The molecule has 1 N–H and O–H groups in total. The summed E-state index contributed by atoms with van der Waals surface area (Å²) in [5.41, 5.74) is 2.41. The molecule has 0 aliphatic carbocycles. The molecule has 0 saturated carbocycles. The first-order valence-electron chi connectivity index (χ1n) is 6.77. The van der Waals surface area contributed by atoms with E-state index in [2.05, 4.69) is 33.3 Å². The van der Waals surface area contributed by atoms with Gasteiger partial charge in [-0.3, -0.25) is 0 Å². The molecule has 1 fully saturated rings. The van der Waals surface area contributed by atoms with Gasteiger partial charge >= 0.3 is 0 Å². The normalized spacial score (nSPS) is 16.5. The zero-order valence-electron chi connectivity index (χ0n) is 11.2. The van der Waals surface area contributed by atoms with Crippen molar-refractivity contribution in [3.05, 3.63) is 42.2 Å². The molecule has 1 saturated heterocycles. The maximum absolute atomic E-state index is 5.20. The molecule has 2 aromatic rings. The minimum absolute atomic E-state index is 0.603. The number of piperidine rings is 1. The van der Waals surface area contributed by atoms with Gasteiger partial charge in [0.25, 0.3) is 0 Å². The molecule has 0 atom stereocenters. The van der Waals surface area contributed by atoms with Gasteiger partial charge in [-0.25, -0.2) is 4.68 Å². The van der Waals surface area contributed by atoms with E-state index in [1.165, 1.54) is 18.5 Å². The van der Waals surface area contributed by atoms with Crippen molar-refractivity contribution in [1.29, 1.82) is 0 Å². The summed E-state index contributed by atoms with van der Waals surface area (Å²) in [5.74, 6) is 1.48. The Bertz CT molecular complexity index is 527. The van der Waals surface area contributed by atoms with E-state index in [-0.39, 0.29) is 0 Å². The van der Waals surface area contributed by atoms with Gasteiger partial charge in [0.2, 0.25) is 0 Å². The Hall–Kier alpha value is -1.81. The van der Waals surface area contributed by atoms with Crippen molar-refractivity contribution in [1.82, 2.24) is 15.1 Å². The van der Waals surface area contributed by atoms with E-state index in [0.29, 0.717) is 5.92 Å². The van der Waals surface area contributed by atoms with Crippen LogP contribution >= 0.6 is 0 Å². The molecule has 0 unspecified atom stereocenters. The smallest absolute Gasteiger partial charge is 0.119 e. The lowest BCUT2D eigenvalue weighted by atomic mass is 9.94.